The number of nitrogens with zero attached hydrogens (tertiary/aromatic N) is 2. The number of hydrogen-bond acceptors (Lipinski definition) is 5. The van der Waals surface area contributed by atoms with Crippen LogP contribution in [0.25, 0.3) is 0 Å². The van der Waals surface area contributed by atoms with Crippen LogP contribution in [0.15, 0.2) is 12.1 Å². The Bertz CT molecular complexity index is 495. The van der Waals surface area contributed by atoms with Crippen molar-refractivity contribution in [1.29, 1.82) is 0 Å². The summed E-state index contributed by atoms with van der Waals surface area (Å²) in [5.41, 5.74) is -0.661. The van der Waals surface area contributed by atoms with Gasteiger partial charge >= 0.3 is 11.4 Å². The Kier molecular flexibility index (Phi) is 6.08. The minimum atomic E-state index is -0.878. The third kappa shape index (κ3) is 4.14. The standard InChI is InChI=1S/C14H20N2O5/c1-3-5-6-7-10(4-2)11-8-12(15(18)19)14(17)13(9-11)16(20)21/h8-10,17H,3-7H2,1-2H3. The molecule has 0 aliphatic rings. The predicted octanol–water partition coefficient (Wildman–Crippen LogP) is 4.28. The number of nitro groups is 2. The minimum absolute atomic E-state index is 0.0227. The molecule has 0 aromatic heterocycles. The molecule has 0 bridgehead atoms. The average molecular weight is 296 g/mol. The van der Waals surface area contributed by atoms with E-state index in [1.165, 1.54) is 12.1 Å². The maximum absolute atomic E-state index is 10.9. The van der Waals surface area contributed by atoms with Crippen molar-refractivity contribution < 1.29 is 15.0 Å². The lowest BCUT2D eigenvalue weighted by atomic mass is 9.90. The van der Waals surface area contributed by atoms with E-state index in [2.05, 4.69) is 6.92 Å². The zero-order valence-electron chi connectivity index (χ0n) is 12.2. The zero-order valence-corrected chi connectivity index (χ0v) is 12.2. The van der Waals surface area contributed by atoms with Crippen molar-refractivity contribution >= 4 is 11.4 Å². The lowest BCUT2D eigenvalue weighted by molar-refractivity contribution is -0.396. The van der Waals surface area contributed by atoms with Gasteiger partial charge in [-0.2, -0.15) is 0 Å². The van der Waals surface area contributed by atoms with E-state index in [0.29, 0.717) is 5.56 Å². The summed E-state index contributed by atoms with van der Waals surface area (Å²) in [4.78, 5) is 20.3. The van der Waals surface area contributed by atoms with Crippen LogP contribution in [0.5, 0.6) is 5.75 Å². The summed E-state index contributed by atoms with van der Waals surface area (Å²) in [7, 11) is 0. The van der Waals surface area contributed by atoms with Gasteiger partial charge in [0.1, 0.15) is 0 Å². The first kappa shape index (κ1) is 16.9. The number of phenolic OH excluding ortho intramolecular Hbond substituents is 1. The third-order valence-corrected chi connectivity index (χ3v) is 3.61. The first-order valence-corrected chi connectivity index (χ1v) is 7.08. The molecule has 1 rings (SSSR count). The van der Waals surface area contributed by atoms with E-state index >= 15 is 0 Å². The third-order valence-electron chi connectivity index (χ3n) is 3.61. The molecule has 1 aromatic rings. The molecule has 0 radical (unpaired) electrons. The van der Waals surface area contributed by atoms with E-state index in [9.17, 15) is 25.3 Å². The van der Waals surface area contributed by atoms with Gasteiger partial charge in [0, 0.05) is 12.1 Å². The van der Waals surface area contributed by atoms with Gasteiger partial charge in [0.25, 0.3) is 5.75 Å². The number of hydrogen-bond donors (Lipinski definition) is 1. The highest BCUT2D eigenvalue weighted by molar-refractivity contribution is 5.61. The summed E-state index contributed by atoms with van der Waals surface area (Å²) in [6, 6.07) is 2.50. The van der Waals surface area contributed by atoms with Crippen LogP contribution in [0, 0.1) is 20.2 Å². The van der Waals surface area contributed by atoms with Gasteiger partial charge in [-0.05, 0) is 24.3 Å². The highest BCUT2D eigenvalue weighted by Gasteiger charge is 2.28. The molecule has 7 nitrogen and oxygen atoms in total. The number of phenols is 1. The van der Waals surface area contributed by atoms with Crippen molar-refractivity contribution in [3.63, 3.8) is 0 Å². The quantitative estimate of drug-likeness (QED) is 0.437. The number of rotatable bonds is 8. The summed E-state index contributed by atoms with van der Waals surface area (Å²) in [5, 5.41) is 31.5. The van der Waals surface area contributed by atoms with Crippen LogP contribution in [-0.4, -0.2) is 15.0 Å². The Hall–Kier alpha value is -2.18. The van der Waals surface area contributed by atoms with Crippen molar-refractivity contribution in [2.45, 2.75) is 51.9 Å². The molecule has 0 spiro atoms. The molecule has 0 fully saturated rings. The van der Waals surface area contributed by atoms with Crippen LogP contribution >= 0.6 is 0 Å². The first-order chi connectivity index (χ1) is 9.92. The lowest BCUT2D eigenvalue weighted by Gasteiger charge is -2.15. The second-order valence-corrected chi connectivity index (χ2v) is 5.02. The molecular weight excluding hydrogens is 276 g/mol. The van der Waals surface area contributed by atoms with Crippen LogP contribution in [0.1, 0.15) is 57.4 Å². The maximum Gasteiger partial charge on any atom is 0.318 e. The summed E-state index contributed by atoms with van der Waals surface area (Å²) < 4.78 is 0. The van der Waals surface area contributed by atoms with Crippen molar-refractivity contribution in [1.82, 2.24) is 0 Å². The van der Waals surface area contributed by atoms with Gasteiger partial charge in [0.2, 0.25) is 0 Å². The summed E-state index contributed by atoms with van der Waals surface area (Å²) in [6.07, 6.45) is 4.65. The smallest absolute Gasteiger partial charge is 0.318 e. The average Bonchev–Trinajstić information content (AvgIpc) is 2.43. The van der Waals surface area contributed by atoms with Crippen molar-refractivity contribution in [3.8, 4) is 5.75 Å². The fourth-order valence-electron chi connectivity index (χ4n) is 2.39. The molecule has 0 saturated heterocycles. The molecule has 7 heteroatoms. The lowest BCUT2D eigenvalue weighted by Crippen LogP contribution is -2.02. The second kappa shape index (κ2) is 7.56. The largest absolute Gasteiger partial charge is 0.497 e. The fraction of sp³-hybridized carbons (Fsp3) is 0.571. The molecule has 0 aliphatic heterocycles. The number of aromatic hydroxyl groups is 1. The van der Waals surface area contributed by atoms with E-state index in [-0.39, 0.29) is 5.92 Å². The van der Waals surface area contributed by atoms with E-state index in [4.69, 9.17) is 0 Å². The van der Waals surface area contributed by atoms with Gasteiger partial charge in [0.15, 0.2) is 0 Å². The van der Waals surface area contributed by atoms with Gasteiger partial charge in [-0.25, -0.2) is 0 Å². The minimum Gasteiger partial charge on any atom is -0.497 e. The molecule has 0 heterocycles. The van der Waals surface area contributed by atoms with Gasteiger partial charge in [-0.1, -0.05) is 33.1 Å². The molecular formula is C14H20N2O5. The van der Waals surface area contributed by atoms with Crippen molar-refractivity contribution in [2.75, 3.05) is 0 Å². The van der Waals surface area contributed by atoms with Crippen LogP contribution in [0.4, 0.5) is 11.4 Å². The van der Waals surface area contributed by atoms with Crippen LogP contribution in [0.2, 0.25) is 0 Å². The molecule has 1 unspecified atom stereocenters. The SMILES string of the molecule is CCCCCC(CC)c1cc([N+](=O)[O-])c(O)c([N+](=O)[O-])c1. The van der Waals surface area contributed by atoms with E-state index in [0.717, 1.165) is 32.1 Å². The Morgan fingerprint density at radius 2 is 1.62 bits per heavy atom. The van der Waals surface area contributed by atoms with Crippen LogP contribution < -0.4 is 0 Å². The second-order valence-electron chi connectivity index (χ2n) is 5.02. The predicted molar refractivity (Wildman–Crippen MR) is 78.6 cm³/mol. The Morgan fingerprint density at radius 3 is 2.00 bits per heavy atom. The highest BCUT2D eigenvalue weighted by Crippen LogP contribution is 2.40. The van der Waals surface area contributed by atoms with Gasteiger partial charge in [-0.15, -0.1) is 0 Å². The molecule has 1 N–H and O–H groups in total. The zero-order chi connectivity index (χ0) is 16.0. The Labute approximate surface area is 122 Å². The van der Waals surface area contributed by atoms with Crippen LogP contribution in [0.3, 0.4) is 0 Å². The fourth-order valence-corrected chi connectivity index (χ4v) is 2.39. The molecule has 1 aromatic carbocycles. The number of nitro benzene ring substituents is 2. The van der Waals surface area contributed by atoms with Crippen molar-refractivity contribution in [3.05, 3.63) is 37.9 Å². The molecule has 0 saturated carbocycles. The first-order valence-electron chi connectivity index (χ1n) is 7.08. The Morgan fingerprint density at radius 1 is 1.10 bits per heavy atom. The number of unbranched alkanes of at least 4 members (excludes halogenated alkanes) is 2. The van der Waals surface area contributed by atoms with Gasteiger partial charge < -0.3 is 5.11 Å². The topological polar surface area (TPSA) is 107 Å². The normalized spacial score (nSPS) is 12.1. The Balaban J connectivity index is 3.21. The highest BCUT2D eigenvalue weighted by atomic mass is 16.6. The maximum atomic E-state index is 10.9. The van der Waals surface area contributed by atoms with E-state index < -0.39 is 27.0 Å². The summed E-state index contributed by atoms with van der Waals surface area (Å²) in [6.45, 7) is 4.03. The van der Waals surface area contributed by atoms with Gasteiger partial charge in [0.05, 0.1) is 9.85 Å². The molecule has 0 aliphatic carbocycles. The summed E-state index contributed by atoms with van der Waals surface area (Å²) in [5.74, 6) is -0.855. The van der Waals surface area contributed by atoms with Crippen molar-refractivity contribution in [2.24, 2.45) is 0 Å². The van der Waals surface area contributed by atoms with E-state index in [1.807, 2.05) is 6.92 Å². The molecule has 1 atom stereocenters. The molecule has 0 amide bonds. The van der Waals surface area contributed by atoms with Crippen LogP contribution in [-0.2, 0) is 0 Å². The summed E-state index contributed by atoms with van der Waals surface area (Å²) >= 11 is 0. The number of benzene rings is 1. The monoisotopic (exact) mass is 296 g/mol. The van der Waals surface area contributed by atoms with Gasteiger partial charge in [-0.3, -0.25) is 20.2 Å². The van der Waals surface area contributed by atoms with E-state index in [1.54, 1.807) is 0 Å². The molecule has 116 valence electrons. The molecule has 21 heavy (non-hydrogen) atoms.